The molecule has 56 valence electrons. The van der Waals surface area contributed by atoms with Gasteiger partial charge < -0.3 is 19.3 Å². The summed E-state index contributed by atoms with van der Waals surface area (Å²) in [5, 5.41) is 9.38. The summed E-state index contributed by atoms with van der Waals surface area (Å²) in [5.41, 5.74) is 0. The molecule has 0 amide bonds. The van der Waals surface area contributed by atoms with Gasteiger partial charge in [-0.2, -0.15) is 0 Å². The van der Waals surface area contributed by atoms with Crippen molar-refractivity contribution in [2.75, 3.05) is 6.61 Å². The minimum Gasteiger partial charge on any atom is -0.387 e. The predicted octanol–water partition coefficient (Wildman–Crippen LogP) is -1.13. The summed E-state index contributed by atoms with van der Waals surface area (Å²) in [5.74, 6) is 0. The van der Waals surface area contributed by atoms with Crippen molar-refractivity contribution in [3.8, 4) is 0 Å². The Morgan fingerprint density at radius 1 is 1.20 bits per heavy atom. The van der Waals surface area contributed by atoms with E-state index in [2.05, 4.69) is 0 Å². The Hall–Kier alpha value is -0.160. The molecule has 0 aromatic carbocycles. The standard InChI is InChI=1S/C6H8O4/c7-3-2-1-8-6(9-2)5-4(3)10-5/h2-7H,1H2/t2-,3+,4+,5+,6+/m0/s1. The number of rotatable bonds is 0. The fourth-order valence-corrected chi connectivity index (χ4v) is 1.63. The minimum atomic E-state index is -0.469. The highest BCUT2D eigenvalue weighted by Crippen LogP contribution is 2.41. The van der Waals surface area contributed by atoms with Crippen LogP contribution in [0.1, 0.15) is 0 Å². The maximum Gasteiger partial charge on any atom is 0.187 e. The molecule has 4 heteroatoms. The summed E-state index contributed by atoms with van der Waals surface area (Å²) < 4.78 is 15.6. The molecule has 0 radical (unpaired) electrons. The average Bonchev–Trinajstić information content (AvgIpc) is 2.61. The van der Waals surface area contributed by atoms with E-state index in [0.717, 1.165) is 0 Å². The molecule has 3 fully saturated rings. The summed E-state index contributed by atoms with van der Waals surface area (Å²) in [6.07, 6.45) is -0.809. The van der Waals surface area contributed by atoms with E-state index in [4.69, 9.17) is 14.2 Å². The zero-order valence-electron chi connectivity index (χ0n) is 5.27. The molecule has 4 nitrogen and oxygen atoms in total. The molecule has 0 unspecified atom stereocenters. The second kappa shape index (κ2) is 1.53. The Morgan fingerprint density at radius 3 is 3.00 bits per heavy atom. The number of hydrogen-bond acceptors (Lipinski definition) is 4. The van der Waals surface area contributed by atoms with E-state index in [-0.39, 0.29) is 24.6 Å². The quantitative estimate of drug-likeness (QED) is 0.437. The number of fused-ring (bicyclic) bond motifs is 4. The normalized spacial score (nSPS) is 63.9. The lowest BCUT2D eigenvalue weighted by molar-refractivity contribution is -0.103. The van der Waals surface area contributed by atoms with Gasteiger partial charge in [0, 0.05) is 0 Å². The molecular formula is C6H8O4. The van der Waals surface area contributed by atoms with Crippen molar-refractivity contribution in [3.05, 3.63) is 0 Å². The van der Waals surface area contributed by atoms with Gasteiger partial charge in [0.15, 0.2) is 6.29 Å². The Kier molecular flexibility index (Phi) is 0.840. The van der Waals surface area contributed by atoms with Gasteiger partial charge in [-0.3, -0.25) is 0 Å². The Bertz CT molecular complexity index is 169. The number of epoxide rings is 1. The van der Waals surface area contributed by atoms with Crippen LogP contribution in [0.2, 0.25) is 0 Å². The van der Waals surface area contributed by atoms with Gasteiger partial charge in [-0.1, -0.05) is 0 Å². The van der Waals surface area contributed by atoms with E-state index < -0.39 is 6.10 Å². The fraction of sp³-hybridized carbons (Fsp3) is 1.00. The molecule has 2 bridgehead atoms. The average molecular weight is 144 g/mol. The minimum absolute atomic E-state index is 0.00810. The number of hydrogen-bond donors (Lipinski definition) is 1. The van der Waals surface area contributed by atoms with Crippen molar-refractivity contribution in [1.82, 2.24) is 0 Å². The first kappa shape index (κ1) is 5.49. The van der Waals surface area contributed by atoms with Gasteiger partial charge in [0.2, 0.25) is 0 Å². The number of aliphatic hydroxyl groups is 1. The number of aliphatic hydroxyl groups excluding tert-OH is 1. The van der Waals surface area contributed by atoms with Gasteiger partial charge in [0.25, 0.3) is 0 Å². The third kappa shape index (κ3) is 0.509. The van der Waals surface area contributed by atoms with E-state index >= 15 is 0 Å². The maximum atomic E-state index is 9.38. The van der Waals surface area contributed by atoms with Gasteiger partial charge >= 0.3 is 0 Å². The predicted molar refractivity (Wildman–Crippen MR) is 29.3 cm³/mol. The zero-order chi connectivity index (χ0) is 6.72. The van der Waals surface area contributed by atoms with E-state index in [9.17, 15) is 5.11 Å². The summed E-state index contributed by atoms with van der Waals surface area (Å²) in [6.45, 7) is 0.516. The van der Waals surface area contributed by atoms with Crippen molar-refractivity contribution >= 4 is 0 Å². The van der Waals surface area contributed by atoms with Crippen LogP contribution in [0.25, 0.3) is 0 Å². The van der Waals surface area contributed by atoms with E-state index in [1.54, 1.807) is 0 Å². The molecule has 3 aliphatic rings. The summed E-state index contributed by atoms with van der Waals surface area (Å²) in [6, 6.07) is 0. The molecule has 10 heavy (non-hydrogen) atoms. The van der Waals surface area contributed by atoms with Crippen LogP contribution >= 0.6 is 0 Å². The molecule has 0 aromatic rings. The van der Waals surface area contributed by atoms with Crippen molar-refractivity contribution < 1.29 is 19.3 Å². The second-order valence-corrected chi connectivity index (χ2v) is 2.93. The van der Waals surface area contributed by atoms with E-state index in [1.807, 2.05) is 0 Å². The second-order valence-electron chi connectivity index (χ2n) is 2.93. The lowest BCUT2D eigenvalue weighted by Gasteiger charge is -2.18. The SMILES string of the molecule is O[C@H]1[C@H]2O[C@H]2[C@@H]2OC[C@@H]1O2. The van der Waals surface area contributed by atoms with E-state index in [1.165, 1.54) is 0 Å². The Morgan fingerprint density at radius 2 is 2.10 bits per heavy atom. The first-order valence-corrected chi connectivity index (χ1v) is 3.47. The molecule has 0 aromatic heterocycles. The molecule has 3 heterocycles. The highest BCUT2D eigenvalue weighted by molar-refractivity contribution is 5.03. The molecule has 5 atom stereocenters. The van der Waals surface area contributed by atoms with Crippen LogP contribution in [0, 0.1) is 0 Å². The third-order valence-corrected chi connectivity index (χ3v) is 2.28. The Labute approximate surface area is 57.7 Å². The first-order valence-electron chi connectivity index (χ1n) is 3.47. The summed E-state index contributed by atoms with van der Waals surface area (Å²) in [4.78, 5) is 0. The third-order valence-electron chi connectivity index (χ3n) is 2.28. The van der Waals surface area contributed by atoms with Crippen molar-refractivity contribution in [2.24, 2.45) is 0 Å². The molecule has 3 rings (SSSR count). The highest BCUT2D eigenvalue weighted by Gasteiger charge is 2.61. The van der Waals surface area contributed by atoms with Crippen LogP contribution in [-0.4, -0.2) is 42.4 Å². The van der Waals surface area contributed by atoms with Gasteiger partial charge in [-0.25, -0.2) is 0 Å². The molecule has 0 saturated carbocycles. The fourth-order valence-electron chi connectivity index (χ4n) is 1.63. The van der Waals surface area contributed by atoms with Gasteiger partial charge in [0.05, 0.1) is 6.61 Å². The molecule has 3 saturated heterocycles. The van der Waals surface area contributed by atoms with Crippen LogP contribution in [0.4, 0.5) is 0 Å². The first-order chi connectivity index (χ1) is 4.86. The highest BCUT2D eigenvalue weighted by atomic mass is 16.8. The van der Waals surface area contributed by atoms with Gasteiger partial charge in [-0.15, -0.1) is 0 Å². The largest absolute Gasteiger partial charge is 0.387 e. The molecule has 0 aliphatic carbocycles. The topological polar surface area (TPSA) is 51.2 Å². The molecule has 3 aliphatic heterocycles. The van der Waals surface area contributed by atoms with Crippen molar-refractivity contribution in [1.29, 1.82) is 0 Å². The van der Waals surface area contributed by atoms with Crippen LogP contribution in [0.15, 0.2) is 0 Å². The van der Waals surface area contributed by atoms with Crippen molar-refractivity contribution in [2.45, 2.75) is 30.7 Å². The van der Waals surface area contributed by atoms with Gasteiger partial charge in [-0.05, 0) is 0 Å². The lowest BCUT2D eigenvalue weighted by Crippen LogP contribution is -2.39. The zero-order valence-corrected chi connectivity index (χ0v) is 5.27. The van der Waals surface area contributed by atoms with Crippen LogP contribution in [-0.2, 0) is 14.2 Å². The van der Waals surface area contributed by atoms with Crippen LogP contribution in [0.5, 0.6) is 0 Å². The van der Waals surface area contributed by atoms with Crippen molar-refractivity contribution in [3.63, 3.8) is 0 Å². The van der Waals surface area contributed by atoms with Crippen LogP contribution in [0.3, 0.4) is 0 Å². The molecule has 1 N–H and O–H groups in total. The molecular weight excluding hydrogens is 136 g/mol. The monoisotopic (exact) mass is 144 g/mol. The lowest BCUT2D eigenvalue weighted by atomic mass is 10.1. The summed E-state index contributed by atoms with van der Waals surface area (Å²) in [7, 11) is 0. The van der Waals surface area contributed by atoms with Gasteiger partial charge in [0.1, 0.15) is 24.4 Å². The number of ether oxygens (including phenoxy) is 3. The smallest absolute Gasteiger partial charge is 0.187 e. The maximum absolute atomic E-state index is 9.38. The summed E-state index contributed by atoms with van der Waals surface area (Å²) >= 11 is 0. The molecule has 0 spiro atoms. The Balaban J connectivity index is 1.91. The van der Waals surface area contributed by atoms with Crippen LogP contribution < -0.4 is 0 Å². The van der Waals surface area contributed by atoms with E-state index in [0.29, 0.717) is 6.61 Å².